The fourth-order valence-electron chi connectivity index (χ4n) is 2.82. The van der Waals surface area contributed by atoms with Crippen molar-refractivity contribution in [3.8, 4) is 0 Å². The first kappa shape index (κ1) is 14.5. The first-order valence-electron chi connectivity index (χ1n) is 7.51. The van der Waals surface area contributed by atoms with Crippen LogP contribution in [0.25, 0.3) is 0 Å². The van der Waals surface area contributed by atoms with E-state index in [2.05, 4.69) is 25.7 Å². The second-order valence-corrected chi connectivity index (χ2v) is 5.45. The molecule has 0 aromatic carbocycles. The Bertz CT molecular complexity index is 221. The van der Waals surface area contributed by atoms with Crippen LogP contribution in [0.2, 0.25) is 0 Å². The van der Waals surface area contributed by atoms with Crippen molar-refractivity contribution >= 4 is 5.91 Å². The molecule has 2 nitrogen and oxygen atoms in total. The predicted molar refractivity (Wildman–Crippen MR) is 73.0 cm³/mol. The number of amides is 1. The molecular formula is C15H29NO. The lowest BCUT2D eigenvalue weighted by atomic mass is 9.92. The highest BCUT2D eigenvalue weighted by atomic mass is 16.2. The molecule has 0 N–H and O–H groups in total. The van der Waals surface area contributed by atoms with Gasteiger partial charge in [0.1, 0.15) is 0 Å². The van der Waals surface area contributed by atoms with Gasteiger partial charge in [-0.15, -0.1) is 0 Å². The van der Waals surface area contributed by atoms with Crippen LogP contribution in [-0.4, -0.2) is 22.9 Å². The van der Waals surface area contributed by atoms with E-state index in [1.54, 1.807) is 0 Å². The Balaban J connectivity index is 2.61. The lowest BCUT2D eigenvalue weighted by Crippen LogP contribution is -2.46. The Morgan fingerprint density at radius 1 is 1.24 bits per heavy atom. The van der Waals surface area contributed by atoms with Gasteiger partial charge in [-0.05, 0) is 32.6 Å². The van der Waals surface area contributed by atoms with Crippen molar-refractivity contribution < 1.29 is 4.79 Å². The standard InChI is InChI=1S/C15H29NO/c1-4-6-12-15(17)16(13(3)5-2)14-10-8-7-9-11-14/h13-14H,4-12H2,1-3H3. The minimum absolute atomic E-state index is 0.396. The third-order valence-corrected chi connectivity index (χ3v) is 4.07. The number of nitrogens with zero attached hydrogens (tertiary/aromatic N) is 1. The van der Waals surface area contributed by atoms with Gasteiger partial charge in [0.25, 0.3) is 0 Å². The molecule has 1 unspecified atom stereocenters. The highest BCUT2D eigenvalue weighted by Crippen LogP contribution is 2.26. The van der Waals surface area contributed by atoms with Gasteiger partial charge >= 0.3 is 0 Å². The van der Waals surface area contributed by atoms with Gasteiger partial charge in [0.2, 0.25) is 5.91 Å². The van der Waals surface area contributed by atoms with Gasteiger partial charge < -0.3 is 4.90 Å². The van der Waals surface area contributed by atoms with Crippen LogP contribution in [0.1, 0.15) is 78.6 Å². The molecule has 1 aliphatic rings. The number of hydrogen-bond donors (Lipinski definition) is 0. The molecule has 1 fully saturated rings. The largest absolute Gasteiger partial charge is 0.337 e. The summed E-state index contributed by atoms with van der Waals surface area (Å²) in [6.45, 7) is 6.55. The van der Waals surface area contributed by atoms with Gasteiger partial charge in [0.15, 0.2) is 0 Å². The van der Waals surface area contributed by atoms with Gasteiger partial charge in [0.05, 0.1) is 0 Å². The zero-order valence-electron chi connectivity index (χ0n) is 11.9. The fraction of sp³-hybridized carbons (Fsp3) is 0.933. The van der Waals surface area contributed by atoms with Gasteiger partial charge in [0, 0.05) is 18.5 Å². The van der Waals surface area contributed by atoms with Crippen LogP contribution in [0, 0.1) is 0 Å². The monoisotopic (exact) mass is 239 g/mol. The van der Waals surface area contributed by atoms with Gasteiger partial charge in [-0.1, -0.05) is 39.5 Å². The molecule has 1 atom stereocenters. The summed E-state index contributed by atoms with van der Waals surface area (Å²) in [5.41, 5.74) is 0. The van der Waals surface area contributed by atoms with E-state index in [-0.39, 0.29) is 0 Å². The van der Waals surface area contributed by atoms with Crippen LogP contribution in [0.15, 0.2) is 0 Å². The second-order valence-electron chi connectivity index (χ2n) is 5.45. The lowest BCUT2D eigenvalue weighted by Gasteiger charge is -2.38. The molecule has 0 aliphatic heterocycles. The molecular weight excluding hydrogens is 210 g/mol. The molecule has 1 aliphatic carbocycles. The zero-order chi connectivity index (χ0) is 12.7. The Morgan fingerprint density at radius 2 is 1.88 bits per heavy atom. The van der Waals surface area contributed by atoms with Crippen molar-refractivity contribution in [2.24, 2.45) is 0 Å². The van der Waals surface area contributed by atoms with E-state index < -0.39 is 0 Å². The minimum Gasteiger partial charge on any atom is -0.337 e. The summed E-state index contributed by atoms with van der Waals surface area (Å²) >= 11 is 0. The molecule has 1 amide bonds. The van der Waals surface area contributed by atoms with Crippen LogP contribution >= 0.6 is 0 Å². The summed E-state index contributed by atoms with van der Waals surface area (Å²) in [6.07, 6.45) is 10.4. The summed E-state index contributed by atoms with van der Waals surface area (Å²) in [5, 5.41) is 0. The first-order chi connectivity index (χ1) is 8.20. The smallest absolute Gasteiger partial charge is 0.223 e. The number of rotatable bonds is 6. The van der Waals surface area contributed by atoms with Crippen LogP contribution in [0.4, 0.5) is 0 Å². The number of carbonyl (C=O) groups is 1. The van der Waals surface area contributed by atoms with Crippen molar-refractivity contribution in [2.75, 3.05) is 0 Å². The third kappa shape index (κ3) is 4.33. The van der Waals surface area contributed by atoms with E-state index in [0.29, 0.717) is 18.0 Å². The molecule has 1 rings (SSSR count). The minimum atomic E-state index is 0.396. The molecule has 0 saturated heterocycles. The van der Waals surface area contributed by atoms with Crippen molar-refractivity contribution in [2.45, 2.75) is 90.6 Å². The summed E-state index contributed by atoms with van der Waals surface area (Å²) in [5.74, 6) is 0.396. The molecule has 0 aromatic rings. The van der Waals surface area contributed by atoms with Crippen molar-refractivity contribution in [1.29, 1.82) is 0 Å². The van der Waals surface area contributed by atoms with E-state index in [4.69, 9.17) is 0 Å². The molecule has 0 aromatic heterocycles. The van der Waals surface area contributed by atoms with E-state index in [1.807, 2.05) is 0 Å². The Labute approximate surface area is 107 Å². The zero-order valence-corrected chi connectivity index (χ0v) is 11.9. The van der Waals surface area contributed by atoms with E-state index >= 15 is 0 Å². The molecule has 0 spiro atoms. The average molecular weight is 239 g/mol. The summed E-state index contributed by atoms with van der Waals surface area (Å²) in [4.78, 5) is 14.5. The molecule has 0 radical (unpaired) electrons. The molecule has 0 heterocycles. The van der Waals surface area contributed by atoms with Crippen LogP contribution in [0.5, 0.6) is 0 Å². The van der Waals surface area contributed by atoms with Gasteiger partial charge in [-0.2, -0.15) is 0 Å². The predicted octanol–water partition coefficient (Wildman–Crippen LogP) is 4.14. The van der Waals surface area contributed by atoms with Gasteiger partial charge in [-0.3, -0.25) is 4.79 Å². The summed E-state index contributed by atoms with van der Waals surface area (Å²) in [7, 11) is 0. The summed E-state index contributed by atoms with van der Waals surface area (Å²) in [6, 6.07) is 0.950. The Morgan fingerprint density at radius 3 is 2.41 bits per heavy atom. The molecule has 0 bridgehead atoms. The topological polar surface area (TPSA) is 20.3 Å². The van der Waals surface area contributed by atoms with E-state index in [0.717, 1.165) is 25.7 Å². The third-order valence-electron chi connectivity index (χ3n) is 4.07. The van der Waals surface area contributed by atoms with Crippen molar-refractivity contribution in [3.05, 3.63) is 0 Å². The Hall–Kier alpha value is -0.530. The Kier molecular flexibility index (Phi) is 6.61. The molecule has 17 heavy (non-hydrogen) atoms. The maximum atomic E-state index is 12.3. The number of carbonyl (C=O) groups excluding carboxylic acids is 1. The van der Waals surface area contributed by atoms with Crippen molar-refractivity contribution in [3.63, 3.8) is 0 Å². The SMILES string of the molecule is CCCCC(=O)N(C(C)CC)C1CCCCC1. The average Bonchev–Trinajstić information content (AvgIpc) is 2.37. The van der Waals surface area contributed by atoms with E-state index in [1.165, 1.54) is 32.1 Å². The van der Waals surface area contributed by atoms with E-state index in [9.17, 15) is 4.79 Å². The summed E-state index contributed by atoms with van der Waals surface area (Å²) < 4.78 is 0. The number of unbranched alkanes of at least 4 members (excludes halogenated alkanes) is 1. The quantitative estimate of drug-likeness (QED) is 0.682. The van der Waals surface area contributed by atoms with Crippen LogP contribution in [-0.2, 0) is 4.79 Å². The van der Waals surface area contributed by atoms with Crippen molar-refractivity contribution in [1.82, 2.24) is 4.90 Å². The maximum absolute atomic E-state index is 12.3. The molecule has 1 saturated carbocycles. The van der Waals surface area contributed by atoms with Crippen LogP contribution < -0.4 is 0 Å². The van der Waals surface area contributed by atoms with Crippen LogP contribution in [0.3, 0.4) is 0 Å². The lowest BCUT2D eigenvalue weighted by molar-refractivity contribution is -0.136. The highest BCUT2D eigenvalue weighted by Gasteiger charge is 2.27. The van der Waals surface area contributed by atoms with Gasteiger partial charge in [-0.25, -0.2) is 0 Å². The molecule has 2 heteroatoms. The first-order valence-corrected chi connectivity index (χ1v) is 7.51. The highest BCUT2D eigenvalue weighted by molar-refractivity contribution is 5.76. The fourth-order valence-corrected chi connectivity index (χ4v) is 2.82. The normalized spacial score (nSPS) is 19.0. The second kappa shape index (κ2) is 7.73. The molecule has 100 valence electrons. The number of hydrogen-bond acceptors (Lipinski definition) is 1. The maximum Gasteiger partial charge on any atom is 0.223 e.